The number of carbonyl (C=O) groups excluding carboxylic acids is 2. The largest absolute Gasteiger partial charge is 0.369 e. The van der Waals surface area contributed by atoms with E-state index >= 15 is 0 Å². The average Bonchev–Trinajstić information content (AvgIpc) is 2.61. The Hall–Kier alpha value is -2.69. The summed E-state index contributed by atoms with van der Waals surface area (Å²) in [6.07, 6.45) is 0. The van der Waals surface area contributed by atoms with Crippen LogP contribution in [-0.4, -0.2) is 16.9 Å². The van der Waals surface area contributed by atoms with E-state index in [0.29, 0.717) is 11.1 Å². The molecule has 1 fully saturated rings. The van der Waals surface area contributed by atoms with Crippen molar-refractivity contribution < 1.29 is 14.7 Å². The van der Waals surface area contributed by atoms with Crippen LogP contribution in [-0.2, 0) is 15.3 Å². The molecule has 132 valence electrons. The lowest BCUT2D eigenvalue weighted by atomic mass is 9.67. The minimum Gasteiger partial charge on any atom is -0.369 e. The number of nitrogens with zero attached hydrogens (tertiary/aromatic N) is 1. The lowest BCUT2D eigenvalue weighted by molar-refractivity contribution is -0.153. The first-order valence-corrected chi connectivity index (χ1v) is 8.72. The topological polar surface area (TPSA) is 116 Å². The quantitative estimate of drug-likeness (QED) is 0.664. The number of hydrogen-bond donors (Lipinski definition) is 3. The van der Waals surface area contributed by atoms with Gasteiger partial charge in [-0.15, -0.1) is 0 Å². The lowest BCUT2D eigenvalue weighted by Gasteiger charge is -2.44. The van der Waals surface area contributed by atoms with Crippen LogP contribution in [0.4, 0.5) is 0 Å². The summed E-state index contributed by atoms with van der Waals surface area (Å²) < 4.78 is 0.726. The number of halogens is 1. The zero-order chi connectivity index (χ0) is 18.9. The molecule has 1 heterocycles. The van der Waals surface area contributed by atoms with E-state index in [1.165, 1.54) is 0 Å². The number of aliphatic hydroxyl groups is 1. The molecule has 0 unspecified atom stereocenters. The molecule has 0 radical (unpaired) electrons. The summed E-state index contributed by atoms with van der Waals surface area (Å²) in [4.78, 5) is 24.7. The predicted octanol–water partition coefficient (Wildman–Crippen LogP) is 1.75. The smallest absolute Gasteiger partial charge is 0.235 e. The molecule has 0 aromatic heterocycles. The second kappa shape index (κ2) is 6.90. The maximum atomic E-state index is 12.7. The molecule has 26 heavy (non-hydrogen) atoms. The van der Waals surface area contributed by atoms with Gasteiger partial charge in [-0.3, -0.25) is 9.59 Å². The molecule has 0 aliphatic carbocycles. The van der Waals surface area contributed by atoms with Gasteiger partial charge < -0.3 is 16.2 Å². The van der Waals surface area contributed by atoms with Crippen LogP contribution in [0.3, 0.4) is 0 Å². The van der Waals surface area contributed by atoms with Gasteiger partial charge in [-0.25, -0.2) is 0 Å². The van der Waals surface area contributed by atoms with Gasteiger partial charge in [-0.1, -0.05) is 58.4 Å². The summed E-state index contributed by atoms with van der Waals surface area (Å²) in [7, 11) is 0. The van der Waals surface area contributed by atoms with Crippen molar-refractivity contribution in [2.24, 2.45) is 17.6 Å². The zero-order valence-electron chi connectivity index (χ0n) is 13.6. The highest BCUT2D eigenvalue weighted by molar-refractivity contribution is 9.10. The van der Waals surface area contributed by atoms with E-state index in [-0.39, 0.29) is 0 Å². The average molecular weight is 414 g/mol. The number of benzene rings is 2. The van der Waals surface area contributed by atoms with Crippen molar-refractivity contribution in [2.45, 2.75) is 11.6 Å². The first kappa shape index (κ1) is 18.1. The Labute approximate surface area is 158 Å². The summed E-state index contributed by atoms with van der Waals surface area (Å²) in [6.45, 7) is 0. The van der Waals surface area contributed by atoms with Crippen LogP contribution in [0.2, 0.25) is 0 Å². The Bertz CT molecular complexity index is 896. The maximum Gasteiger partial charge on any atom is 0.235 e. The van der Waals surface area contributed by atoms with Gasteiger partial charge >= 0.3 is 0 Å². The molecule has 0 saturated carbocycles. The van der Waals surface area contributed by atoms with E-state index in [4.69, 9.17) is 5.73 Å². The molecule has 4 atom stereocenters. The van der Waals surface area contributed by atoms with E-state index in [1.54, 1.807) is 54.6 Å². The van der Waals surface area contributed by atoms with Crippen LogP contribution < -0.4 is 11.1 Å². The van der Waals surface area contributed by atoms with E-state index in [0.717, 1.165) is 4.47 Å². The zero-order valence-corrected chi connectivity index (χ0v) is 15.2. The SMILES string of the molecule is N#C[C@@H]1[C@H](c2cccc(Br)c2)[C@@H](C(N)=O)C(=O)N[C@]1(O)c1ccccc1. The molecule has 2 aromatic carbocycles. The summed E-state index contributed by atoms with van der Waals surface area (Å²) in [5.41, 5.74) is 4.46. The van der Waals surface area contributed by atoms with Crippen LogP contribution >= 0.6 is 15.9 Å². The summed E-state index contributed by atoms with van der Waals surface area (Å²) in [5.74, 6) is -4.83. The molecular formula is C19H16BrN3O3. The summed E-state index contributed by atoms with van der Waals surface area (Å²) in [5, 5.41) is 23.5. The fourth-order valence-electron chi connectivity index (χ4n) is 3.48. The van der Waals surface area contributed by atoms with E-state index in [2.05, 4.69) is 27.3 Å². The number of amides is 2. The molecular weight excluding hydrogens is 398 g/mol. The molecule has 1 aliphatic rings. The standard InChI is InChI=1S/C19H16BrN3O3/c20-13-8-4-5-11(9-13)15-14(10-21)19(26,12-6-2-1-3-7-12)23-18(25)16(15)17(22)24/h1-9,14-16,26H,(H2,22,24)(H,23,25)/t14-,15+,16+,19+/m1/s1. The monoisotopic (exact) mass is 413 g/mol. The Morgan fingerprint density at radius 1 is 1.23 bits per heavy atom. The minimum atomic E-state index is -1.94. The van der Waals surface area contributed by atoms with Crippen LogP contribution in [0.5, 0.6) is 0 Å². The third-order valence-electron chi connectivity index (χ3n) is 4.66. The Kier molecular flexibility index (Phi) is 4.81. The number of nitriles is 1. The van der Waals surface area contributed by atoms with Crippen molar-refractivity contribution >= 4 is 27.7 Å². The van der Waals surface area contributed by atoms with Crippen molar-refractivity contribution in [1.82, 2.24) is 5.32 Å². The molecule has 2 aromatic rings. The highest BCUT2D eigenvalue weighted by Crippen LogP contribution is 2.45. The van der Waals surface area contributed by atoms with Crippen LogP contribution in [0.15, 0.2) is 59.1 Å². The fourth-order valence-corrected chi connectivity index (χ4v) is 3.90. The van der Waals surface area contributed by atoms with Crippen LogP contribution in [0.25, 0.3) is 0 Å². The van der Waals surface area contributed by atoms with Crippen molar-refractivity contribution in [3.05, 3.63) is 70.2 Å². The Morgan fingerprint density at radius 2 is 1.92 bits per heavy atom. The van der Waals surface area contributed by atoms with Gasteiger partial charge in [0.15, 0.2) is 5.72 Å². The number of piperidine rings is 1. The Balaban J connectivity index is 2.20. The normalized spacial score (nSPS) is 28.0. The molecule has 1 aliphatic heterocycles. The number of nitrogens with one attached hydrogen (secondary N) is 1. The first-order valence-electron chi connectivity index (χ1n) is 7.93. The molecule has 1 saturated heterocycles. The van der Waals surface area contributed by atoms with Crippen LogP contribution in [0, 0.1) is 23.2 Å². The Morgan fingerprint density at radius 3 is 2.50 bits per heavy atom. The highest BCUT2D eigenvalue weighted by atomic mass is 79.9. The minimum absolute atomic E-state index is 0.364. The first-order chi connectivity index (χ1) is 12.4. The van der Waals surface area contributed by atoms with Gasteiger partial charge in [-0.2, -0.15) is 5.26 Å². The van der Waals surface area contributed by atoms with Gasteiger partial charge in [0.1, 0.15) is 11.8 Å². The molecule has 0 bridgehead atoms. The molecule has 3 rings (SSSR count). The molecule has 4 N–H and O–H groups in total. The fraction of sp³-hybridized carbons (Fsp3) is 0.211. The number of nitrogens with two attached hydrogens (primary N) is 1. The van der Waals surface area contributed by atoms with Crippen molar-refractivity contribution in [3.63, 3.8) is 0 Å². The molecule has 2 amide bonds. The van der Waals surface area contributed by atoms with E-state index in [1.807, 2.05) is 0 Å². The molecule has 0 spiro atoms. The number of hydrogen-bond acceptors (Lipinski definition) is 4. The van der Waals surface area contributed by atoms with Gasteiger partial charge in [0.2, 0.25) is 11.8 Å². The van der Waals surface area contributed by atoms with Crippen molar-refractivity contribution in [1.29, 1.82) is 5.26 Å². The van der Waals surface area contributed by atoms with Gasteiger partial charge in [0.05, 0.1) is 6.07 Å². The third kappa shape index (κ3) is 2.98. The predicted molar refractivity (Wildman–Crippen MR) is 97.2 cm³/mol. The second-order valence-corrected chi connectivity index (χ2v) is 7.10. The number of rotatable bonds is 3. The van der Waals surface area contributed by atoms with Gasteiger partial charge in [0, 0.05) is 16.0 Å². The van der Waals surface area contributed by atoms with E-state index < -0.39 is 35.3 Å². The summed E-state index contributed by atoms with van der Waals surface area (Å²) >= 11 is 3.35. The van der Waals surface area contributed by atoms with Crippen molar-refractivity contribution in [3.8, 4) is 6.07 Å². The summed E-state index contributed by atoms with van der Waals surface area (Å²) in [6, 6.07) is 17.4. The lowest BCUT2D eigenvalue weighted by Crippen LogP contribution is -2.62. The third-order valence-corrected chi connectivity index (χ3v) is 5.15. The van der Waals surface area contributed by atoms with Crippen molar-refractivity contribution in [2.75, 3.05) is 0 Å². The van der Waals surface area contributed by atoms with E-state index in [9.17, 15) is 20.0 Å². The maximum absolute atomic E-state index is 12.7. The van der Waals surface area contributed by atoms with Crippen LogP contribution in [0.1, 0.15) is 17.0 Å². The van der Waals surface area contributed by atoms with Gasteiger partial charge in [-0.05, 0) is 17.7 Å². The van der Waals surface area contributed by atoms with Gasteiger partial charge in [0.25, 0.3) is 0 Å². The molecule has 7 heteroatoms. The number of primary amides is 1. The second-order valence-electron chi connectivity index (χ2n) is 6.19. The highest BCUT2D eigenvalue weighted by Gasteiger charge is 2.55. The number of carbonyl (C=O) groups is 2. The molecule has 6 nitrogen and oxygen atoms in total.